The van der Waals surface area contributed by atoms with Crippen molar-refractivity contribution in [2.24, 2.45) is 4.99 Å². The number of carbonyl (C=O) groups is 1. The van der Waals surface area contributed by atoms with E-state index < -0.39 is 5.82 Å². The Morgan fingerprint density at radius 1 is 1.04 bits per heavy atom. The fraction of sp³-hybridized carbons (Fsp3) is 0.0476. The number of phenols is 1. The standard InChI is InChI=1S/C21H15FN2O2S/c1-23-21(26)12-6-9-19-17(10-12)24-20(14-8-7-13(25)11-16(14)22)15-4-2-3-5-18(15)27-19/h2-11,25H,1H3,(H,23,26). The number of hydrogen-bond donors (Lipinski definition) is 2. The van der Waals surface area contributed by atoms with Crippen LogP contribution >= 0.6 is 11.8 Å². The van der Waals surface area contributed by atoms with Crippen molar-refractivity contribution in [2.75, 3.05) is 7.05 Å². The van der Waals surface area contributed by atoms with E-state index in [4.69, 9.17) is 4.99 Å². The summed E-state index contributed by atoms with van der Waals surface area (Å²) in [6.07, 6.45) is 0. The third-order valence-corrected chi connectivity index (χ3v) is 5.39. The molecule has 0 saturated carbocycles. The molecular weight excluding hydrogens is 363 g/mol. The van der Waals surface area contributed by atoms with Crippen LogP contribution in [0.5, 0.6) is 5.75 Å². The van der Waals surface area contributed by atoms with Gasteiger partial charge in [0.05, 0.1) is 11.4 Å². The van der Waals surface area contributed by atoms with Crippen LogP contribution in [-0.2, 0) is 0 Å². The molecule has 0 aliphatic carbocycles. The Balaban J connectivity index is 1.97. The van der Waals surface area contributed by atoms with E-state index in [0.29, 0.717) is 22.5 Å². The van der Waals surface area contributed by atoms with Crippen LogP contribution in [0.1, 0.15) is 21.5 Å². The summed E-state index contributed by atoms with van der Waals surface area (Å²) in [5.41, 5.74) is 2.63. The summed E-state index contributed by atoms with van der Waals surface area (Å²) in [6.45, 7) is 0. The van der Waals surface area contributed by atoms with Gasteiger partial charge in [-0.1, -0.05) is 30.0 Å². The average Bonchev–Trinajstić information content (AvgIpc) is 2.83. The van der Waals surface area contributed by atoms with Gasteiger partial charge < -0.3 is 10.4 Å². The van der Waals surface area contributed by atoms with Crippen LogP contribution in [0.4, 0.5) is 10.1 Å². The van der Waals surface area contributed by atoms with E-state index in [1.165, 1.54) is 23.9 Å². The molecule has 0 bridgehead atoms. The SMILES string of the molecule is CNC(=O)c1ccc2c(c1)N=C(c1ccc(O)cc1F)c1ccccc1S2. The van der Waals surface area contributed by atoms with Gasteiger partial charge in [0.25, 0.3) is 5.91 Å². The Labute approximate surface area is 159 Å². The Kier molecular flexibility index (Phi) is 4.41. The zero-order valence-electron chi connectivity index (χ0n) is 14.4. The van der Waals surface area contributed by atoms with E-state index >= 15 is 0 Å². The predicted molar refractivity (Wildman–Crippen MR) is 104 cm³/mol. The molecule has 0 unspecified atom stereocenters. The lowest BCUT2D eigenvalue weighted by Gasteiger charge is -2.10. The summed E-state index contributed by atoms with van der Waals surface area (Å²) in [6, 6.07) is 16.9. The molecule has 4 nitrogen and oxygen atoms in total. The first kappa shape index (κ1) is 17.3. The van der Waals surface area contributed by atoms with Gasteiger partial charge in [-0.2, -0.15) is 0 Å². The molecule has 1 heterocycles. The summed E-state index contributed by atoms with van der Waals surface area (Å²) >= 11 is 1.52. The van der Waals surface area contributed by atoms with Gasteiger partial charge in [0.15, 0.2) is 0 Å². The van der Waals surface area contributed by atoms with Crippen molar-refractivity contribution in [1.82, 2.24) is 5.32 Å². The summed E-state index contributed by atoms with van der Waals surface area (Å²) in [5, 5.41) is 12.1. The molecule has 1 aliphatic rings. The molecule has 1 aliphatic heterocycles. The summed E-state index contributed by atoms with van der Waals surface area (Å²) in [7, 11) is 1.57. The molecule has 0 atom stereocenters. The highest BCUT2D eigenvalue weighted by molar-refractivity contribution is 7.99. The number of aliphatic imine (C=N–C) groups is 1. The average molecular weight is 378 g/mol. The number of phenolic OH excluding ortho intramolecular Hbond substituents is 1. The second-order valence-electron chi connectivity index (χ2n) is 5.98. The number of fused-ring (bicyclic) bond motifs is 2. The number of benzene rings is 3. The van der Waals surface area contributed by atoms with Crippen molar-refractivity contribution in [3.05, 3.63) is 83.2 Å². The molecule has 6 heteroatoms. The zero-order valence-corrected chi connectivity index (χ0v) is 15.2. The van der Waals surface area contributed by atoms with Crippen LogP contribution in [0.3, 0.4) is 0 Å². The van der Waals surface area contributed by atoms with E-state index in [1.54, 1.807) is 19.2 Å². The monoisotopic (exact) mass is 378 g/mol. The van der Waals surface area contributed by atoms with Gasteiger partial charge in [0.2, 0.25) is 0 Å². The normalized spacial score (nSPS) is 12.4. The van der Waals surface area contributed by atoms with Gasteiger partial charge in [0, 0.05) is 39.6 Å². The maximum absolute atomic E-state index is 14.6. The lowest BCUT2D eigenvalue weighted by molar-refractivity contribution is 0.0963. The molecule has 0 spiro atoms. The minimum absolute atomic E-state index is 0.143. The van der Waals surface area contributed by atoms with Crippen LogP contribution in [0.25, 0.3) is 0 Å². The first-order valence-electron chi connectivity index (χ1n) is 8.28. The number of amides is 1. The van der Waals surface area contributed by atoms with Gasteiger partial charge in [-0.3, -0.25) is 4.79 Å². The molecule has 2 N–H and O–H groups in total. The van der Waals surface area contributed by atoms with Crippen molar-refractivity contribution in [3.63, 3.8) is 0 Å². The van der Waals surface area contributed by atoms with Gasteiger partial charge in [-0.15, -0.1) is 0 Å². The minimum Gasteiger partial charge on any atom is -0.508 e. The fourth-order valence-corrected chi connectivity index (χ4v) is 3.93. The van der Waals surface area contributed by atoms with Gasteiger partial charge in [-0.05, 0) is 36.4 Å². The number of nitrogens with zero attached hydrogens (tertiary/aromatic N) is 1. The van der Waals surface area contributed by atoms with Crippen LogP contribution in [0, 0.1) is 5.82 Å². The molecule has 0 radical (unpaired) electrons. The van der Waals surface area contributed by atoms with Crippen LogP contribution in [0.2, 0.25) is 0 Å². The Morgan fingerprint density at radius 3 is 2.63 bits per heavy atom. The molecule has 3 aromatic rings. The molecule has 0 aromatic heterocycles. The zero-order chi connectivity index (χ0) is 19.0. The highest BCUT2D eigenvalue weighted by Crippen LogP contribution is 2.41. The fourth-order valence-electron chi connectivity index (χ4n) is 2.93. The number of nitrogens with one attached hydrogen (secondary N) is 1. The van der Waals surface area contributed by atoms with Crippen LogP contribution in [-0.4, -0.2) is 23.8 Å². The minimum atomic E-state index is -0.556. The second-order valence-corrected chi connectivity index (χ2v) is 7.07. The topological polar surface area (TPSA) is 61.7 Å². The van der Waals surface area contributed by atoms with Crippen molar-refractivity contribution in [2.45, 2.75) is 9.79 Å². The van der Waals surface area contributed by atoms with E-state index in [9.17, 15) is 14.3 Å². The Morgan fingerprint density at radius 2 is 1.85 bits per heavy atom. The van der Waals surface area contributed by atoms with Crippen molar-refractivity contribution < 1.29 is 14.3 Å². The van der Waals surface area contributed by atoms with E-state index in [0.717, 1.165) is 21.4 Å². The molecule has 1 amide bonds. The molecule has 0 fully saturated rings. The highest BCUT2D eigenvalue weighted by Gasteiger charge is 2.21. The van der Waals surface area contributed by atoms with Crippen LogP contribution < -0.4 is 5.32 Å². The molecular formula is C21H15FN2O2S. The lowest BCUT2D eigenvalue weighted by Crippen LogP contribution is -2.17. The lowest BCUT2D eigenvalue weighted by atomic mass is 10.0. The molecule has 0 saturated heterocycles. The van der Waals surface area contributed by atoms with Gasteiger partial charge >= 0.3 is 0 Å². The largest absolute Gasteiger partial charge is 0.508 e. The first-order valence-corrected chi connectivity index (χ1v) is 9.09. The van der Waals surface area contributed by atoms with Crippen molar-refractivity contribution >= 4 is 29.1 Å². The third kappa shape index (κ3) is 3.19. The Bertz CT molecular complexity index is 1100. The number of halogens is 1. The number of carbonyl (C=O) groups excluding carboxylic acids is 1. The number of rotatable bonds is 2. The molecule has 27 heavy (non-hydrogen) atoms. The third-order valence-electron chi connectivity index (χ3n) is 4.25. The smallest absolute Gasteiger partial charge is 0.251 e. The highest BCUT2D eigenvalue weighted by atomic mass is 32.2. The predicted octanol–water partition coefficient (Wildman–Crippen LogP) is 4.52. The first-order chi connectivity index (χ1) is 13.1. The summed E-state index contributed by atoms with van der Waals surface area (Å²) in [4.78, 5) is 18.5. The molecule has 3 aromatic carbocycles. The Hall–Kier alpha value is -3.12. The summed E-state index contributed by atoms with van der Waals surface area (Å²) in [5.74, 6) is -0.910. The summed E-state index contributed by atoms with van der Waals surface area (Å²) < 4.78 is 14.6. The van der Waals surface area contributed by atoms with Crippen LogP contribution in [0.15, 0.2) is 75.4 Å². The van der Waals surface area contributed by atoms with Crippen molar-refractivity contribution in [1.29, 1.82) is 0 Å². The maximum Gasteiger partial charge on any atom is 0.251 e. The quantitative estimate of drug-likeness (QED) is 0.539. The number of hydrogen-bond acceptors (Lipinski definition) is 4. The second kappa shape index (κ2) is 6.89. The van der Waals surface area contributed by atoms with Crippen molar-refractivity contribution in [3.8, 4) is 5.75 Å². The maximum atomic E-state index is 14.6. The van der Waals surface area contributed by atoms with Gasteiger partial charge in [-0.25, -0.2) is 9.38 Å². The van der Waals surface area contributed by atoms with E-state index in [2.05, 4.69) is 5.32 Å². The molecule has 4 rings (SSSR count). The van der Waals surface area contributed by atoms with E-state index in [1.807, 2.05) is 30.3 Å². The van der Waals surface area contributed by atoms with E-state index in [-0.39, 0.29) is 11.7 Å². The van der Waals surface area contributed by atoms with Gasteiger partial charge in [0.1, 0.15) is 11.6 Å². The molecule has 134 valence electrons. The number of aromatic hydroxyl groups is 1.